The molecule has 0 unspecified atom stereocenters. The van der Waals surface area contributed by atoms with Crippen molar-refractivity contribution < 1.29 is 9.47 Å². The molecule has 0 fully saturated rings. The average molecular weight is 489 g/mol. The Hall–Kier alpha value is -0.940. The monoisotopic (exact) mass is 487 g/mol. The van der Waals surface area contributed by atoms with Gasteiger partial charge in [0.2, 0.25) is 0 Å². The molecule has 0 atom stereocenters. The molecule has 28 heavy (non-hydrogen) atoms. The van der Waals surface area contributed by atoms with Gasteiger partial charge in [0.1, 0.15) is 6.61 Å². The molecule has 0 spiro atoms. The molecule has 3 nitrogen and oxygen atoms in total. The SMILES string of the molecule is CCCCCCCNCc1c(Br)ccc(OC)c1OCc1c(Cl)cccc1Cl. The third-order valence-electron chi connectivity index (χ3n) is 4.57. The molecule has 0 heterocycles. The summed E-state index contributed by atoms with van der Waals surface area (Å²) in [6.07, 6.45) is 6.31. The Labute approximate surface area is 186 Å². The van der Waals surface area contributed by atoms with Gasteiger partial charge in [0.05, 0.1) is 7.11 Å². The fraction of sp³-hybridized carbons (Fsp3) is 0.455. The summed E-state index contributed by atoms with van der Waals surface area (Å²) in [6.45, 7) is 4.17. The molecule has 0 bridgehead atoms. The van der Waals surface area contributed by atoms with Crippen LogP contribution in [0.3, 0.4) is 0 Å². The quantitative estimate of drug-likeness (QED) is 0.315. The van der Waals surface area contributed by atoms with Gasteiger partial charge in [-0.15, -0.1) is 0 Å². The molecule has 0 aromatic heterocycles. The number of rotatable bonds is 12. The number of benzene rings is 2. The molecule has 154 valence electrons. The molecule has 0 radical (unpaired) electrons. The Bertz CT molecular complexity index is 735. The van der Waals surface area contributed by atoms with Crippen LogP contribution in [-0.2, 0) is 13.2 Å². The zero-order valence-electron chi connectivity index (χ0n) is 16.5. The number of ether oxygens (including phenoxy) is 2. The molecular formula is C22H28BrCl2NO2. The van der Waals surface area contributed by atoms with Crippen molar-refractivity contribution in [2.75, 3.05) is 13.7 Å². The summed E-state index contributed by atoms with van der Waals surface area (Å²) in [6, 6.07) is 9.31. The zero-order chi connectivity index (χ0) is 20.4. The molecule has 0 aliphatic rings. The summed E-state index contributed by atoms with van der Waals surface area (Å²) in [5.41, 5.74) is 1.79. The van der Waals surface area contributed by atoms with E-state index < -0.39 is 0 Å². The standard InChI is InChI=1S/C22H28BrCl2NO2/c1-3-4-5-6-7-13-26-14-16-18(23)11-12-21(27-2)22(16)28-15-17-19(24)9-8-10-20(17)25/h8-12,26H,3-7,13-15H2,1-2H3. The lowest BCUT2D eigenvalue weighted by molar-refractivity contribution is 0.280. The van der Waals surface area contributed by atoms with Crippen LogP contribution >= 0.6 is 39.1 Å². The molecular weight excluding hydrogens is 461 g/mol. The second-order valence-electron chi connectivity index (χ2n) is 6.64. The number of hydrogen-bond donors (Lipinski definition) is 1. The van der Waals surface area contributed by atoms with Gasteiger partial charge in [-0.05, 0) is 37.2 Å². The summed E-state index contributed by atoms with van der Waals surface area (Å²) in [5, 5.41) is 4.70. The van der Waals surface area contributed by atoms with Gasteiger partial charge in [0.25, 0.3) is 0 Å². The van der Waals surface area contributed by atoms with Gasteiger partial charge >= 0.3 is 0 Å². The van der Waals surface area contributed by atoms with E-state index in [0.29, 0.717) is 28.1 Å². The van der Waals surface area contributed by atoms with Crippen molar-refractivity contribution in [2.45, 2.75) is 52.2 Å². The van der Waals surface area contributed by atoms with Crippen LogP contribution in [0.2, 0.25) is 10.0 Å². The van der Waals surface area contributed by atoms with Crippen molar-refractivity contribution in [1.82, 2.24) is 5.32 Å². The Morgan fingerprint density at radius 2 is 1.68 bits per heavy atom. The number of unbranched alkanes of at least 4 members (excludes halogenated alkanes) is 4. The van der Waals surface area contributed by atoms with Crippen LogP contribution in [0, 0.1) is 0 Å². The molecule has 0 saturated heterocycles. The third kappa shape index (κ3) is 6.84. The molecule has 2 aromatic rings. The van der Waals surface area contributed by atoms with E-state index in [1.165, 1.54) is 32.1 Å². The van der Waals surface area contributed by atoms with Crippen LogP contribution < -0.4 is 14.8 Å². The highest BCUT2D eigenvalue weighted by Crippen LogP contribution is 2.37. The van der Waals surface area contributed by atoms with E-state index in [9.17, 15) is 0 Å². The van der Waals surface area contributed by atoms with Crippen molar-refractivity contribution >= 4 is 39.1 Å². The Kier molecular flexibility index (Phi) is 10.5. The number of halogens is 3. The fourth-order valence-corrected chi connectivity index (χ4v) is 3.91. The van der Waals surface area contributed by atoms with Crippen LogP contribution in [0.5, 0.6) is 11.5 Å². The largest absolute Gasteiger partial charge is 0.493 e. The maximum absolute atomic E-state index is 6.28. The number of nitrogens with one attached hydrogen (secondary N) is 1. The van der Waals surface area contributed by atoms with Crippen LogP contribution in [0.15, 0.2) is 34.8 Å². The van der Waals surface area contributed by atoms with Gasteiger partial charge in [-0.1, -0.05) is 77.8 Å². The highest BCUT2D eigenvalue weighted by atomic mass is 79.9. The van der Waals surface area contributed by atoms with Crippen LogP contribution in [0.1, 0.15) is 50.2 Å². The van der Waals surface area contributed by atoms with Gasteiger partial charge in [0, 0.05) is 32.2 Å². The predicted molar refractivity (Wildman–Crippen MR) is 122 cm³/mol. The molecule has 0 aliphatic carbocycles. The van der Waals surface area contributed by atoms with Crippen LogP contribution in [0.4, 0.5) is 0 Å². The maximum atomic E-state index is 6.28. The van der Waals surface area contributed by atoms with Gasteiger partial charge in [-0.3, -0.25) is 0 Å². The average Bonchev–Trinajstić information content (AvgIpc) is 2.68. The van der Waals surface area contributed by atoms with E-state index >= 15 is 0 Å². The van der Waals surface area contributed by atoms with Gasteiger partial charge in [0.15, 0.2) is 11.5 Å². The smallest absolute Gasteiger partial charge is 0.167 e. The molecule has 0 amide bonds. The second-order valence-corrected chi connectivity index (χ2v) is 8.31. The lowest BCUT2D eigenvalue weighted by Crippen LogP contribution is -2.16. The molecule has 0 aliphatic heterocycles. The molecule has 2 aromatic carbocycles. The minimum Gasteiger partial charge on any atom is -0.493 e. The minimum absolute atomic E-state index is 0.273. The molecule has 1 N–H and O–H groups in total. The van der Waals surface area contributed by atoms with Crippen LogP contribution in [0.25, 0.3) is 0 Å². The number of hydrogen-bond acceptors (Lipinski definition) is 3. The Morgan fingerprint density at radius 3 is 2.36 bits per heavy atom. The Balaban J connectivity index is 2.06. The highest BCUT2D eigenvalue weighted by molar-refractivity contribution is 9.10. The summed E-state index contributed by atoms with van der Waals surface area (Å²) in [4.78, 5) is 0. The first-order valence-corrected chi connectivity index (χ1v) is 11.2. The molecule has 6 heteroatoms. The van der Waals surface area contributed by atoms with Gasteiger partial charge in [-0.2, -0.15) is 0 Å². The van der Waals surface area contributed by atoms with Gasteiger partial charge < -0.3 is 14.8 Å². The first-order chi connectivity index (χ1) is 13.6. The van der Waals surface area contributed by atoms with Crippen molar-refractivity contribution in [3.8, 4) is 11.5 Å². The summed E-state index contributed by atoms with van der Waals surface area (Å²) >= 11 is 16.2. The lowest BCUT2D eigenvalue weighted by atomic mass is 10.1. The highest BCUT2D eigenvalue weighted by Gasteiger charge is 2.16. The van der Waals surface area contributed by atoms with E-state index in [2.05, 4.69) is 28.2 Å². The van der Waals surface area contributed by atoms with Crippen molar-refractivity contribution in [3.63, 3.8) is 0 Å². The van der Waals surface area contributed by atoms with E-state index in [4.69, 9.17) is 32.7 Å². The summed E-state index contributed by atoms with van der Waals surface area (Å²) < 4.78 is 12.6. The first kappa shape index (κ1) is 23.3. The summed E-state index contributed by atoms with van der Waals surface area (Å²) in [7, 11) is 1.64. The van der Waals surface area contributed by atoms with E-state index in [0.717, 1.165) is 22.1 Å². The minimum atomic E-state index is 0.273. The summed E-state index contributed by atoms with van der Waals surface area (Å²) in [5.74, 6) is 1.39. The van der Waals surface area contributed by atoms with E-state index in [1.54, 1.807) is 7.11 Å². The molecule has 0 saturated carbocycles. The molecule has 2 rings (SSSR count). The maximum Gasteiger partial charge on any atom is 0.167 e. The zero-order valence-corrected chi connectivity index (χ0v) is 19.6. The van der Waals surface area contributed by atoms with E-state index in [1.807, 2.05) is 30.3 Å². The first-order valence-electron chi connectivity index (χ1n) is 9.70. The third-order valence-corrected chi connectivity index (χ3v) is 6.02. The fourth-order valence-electron chi connectivity index (χ4n) is 2.95. The van der Waals surface area contributed by atoms with Crippen LogP contribution in [-0.4, -0.2) is 13.7 Å². The van der Waals surface area contributed by atoms with E-state index in [-0.39, 0.29) is 6.61 Å². The van der Waals surface area contributed by atoms with Crippen molar-refractivity contribution in [3.05, 3.63) is 56.0 Å². The Morgan fingerprint density at radius 1 is 0.964 bits per heavy atom. The van der Waals surface area contributed by atoms with Crippen molar-refractivity contribution in [2.24, 2.45) is 0 Å². The van der Waals surface area contributed by atoms with Gasteiger partial charge in [-0.25, -0.2) is 0 Å². The number of methoxy groups -OCH3 is 1. The topological polar surface area (TPSA) is 30.5 Å². The lowest BCUT2D eigenvalue weighted by Gasteiger charge is -2.18. The predicted octanol–water partition coefficient (Wildman–Crippen LogP) is 7.40. The normalized spacial score (nSPS) is 10.9. The van der Waals surface area contributed by atoms with Crippen molar-refractivity contribution in [1.29, 1.82) is 0 Å². The second kappa shape index (κ2) is 12.6.